The molecule has 4 aromatic rings. The predicted octanol–water partition coefficient (Wildman–Crippen LogP) is 4.99. The first-order valence-corrected chi connectivity index (χ1v) is 11.2. The molecule has 5 heteroatoms. The second-order valence-electron chi connectivity index (χ2n) is 8.46. The van der Waals surface area contributed by atoms with E-state index in [2.05, 4.69) is 0 Å². The van der Waals surface area contributed by atoms with Crippen LogP contribution in [0.25, 0.3) is 0 Å². The Kier molecular flexibility index (Phi) is 5.76. The van der Waals surface area contributed by atoms with Crippen LogP contribution in [0.2, 0.25) is 0 Å². The van der Waals surface area contributed by atoms with Gasteiger partial charge in [0, 0.05) is 17.3 Å². The molecule has 0 N–H and O–H groups in total. The average Bonchev–Trinajstić information content (AvgIpc) is 3.27. The third-order valence-corrected chi connectivity index (χ3v) is 6.35. The van der Waals surface area contributed by atoms with Crippen molar-refractivity contribution in [2.24, 2.45) is 0 Å². The number of benzene rings is 3. The molecular weight excluding hydrogens is 426 g/mol. The normalized spacial score (nSPS) is 16.5. The molecule has 1 aliphatic heterocycles. The van der Waals surface area contributed by atoms with Gasteiger partial charge in [-0.25, -0.2) is 0 Å². The van der Waals surface area contributed by atoms with Crippen LogP contribution in [0.4, 0.5) is 0 Å². The Hall–Kier alpha value is -4.12. The number of Topliss-reactive ketones (excluding diaryl/α,β-unsaturated/α-hetero) is 1. The van der Waals surface area contributed by atoms with Crippen molar-refractivity contribution in [3.8, 4) is 11.5 Å². The molecule has 1 aliphatic rings. The number of methoxy groups -OCH3 is 1. The molecule has 0 fully saturated rings. The number of carbonyl (C=O) groups is 1. The largest absolute Gasteiger partial charge is 0.497 e. The number of carbonyl (C=O) groups excluding carboxylic acids is 1. The Morgan fingerprint density at radius 2 is 1.59 bits per heavy atom. The van der Waals surface area contributed by atoms with E-state index in [1.165, 1.54) is 0 Å². The van der Waals surface area contributed by atoms with Crippen LogP contribution in [0.5, 0.6) is 11.5 Å². The van der Waals surface area contributed by atoms with Gasteiger partial charge in [0.15, 0.2) is 6.10 Å². The highest BCUT2D eigenvalue weighted by atomic mass is 16.5. The lowest BCUT2D eigenvalue weighted by Gasteiger charge is -2.18. The van der Waals surface area contributed by atoms with Crippen molar-refractivity contribution in [1.82, 2.24) is 4.57 Å². The van der Waals surface area contributed by atoms with Crippen LogP contribution in [0.3, 0.4) is 0 Å². The van der Waals surface area contributed by atoms with Gasteiger partial charge in [-0.2, -0.15) is 0 Å². The van der Waals surface area contributed by atoms with E-state index in [1.54, 1.807) is 23.8 Å². The minimum absolute atomic E-state index is 0.135. The standard InChI is InChI=1S/C29H25NO4/c1-19-17-24-26(29(32)30(19)18-20-13-15-23(33-2)16-14-20)25(21-9-5-3-6-10-21)28(34-24)27(31)22-11-7-4-8-12-22/h3-17,25,28H,18H2,1-2H3/t25-,28-/m1/s1. The predicted molar refractivity (Wildman–Crippen MR) is 131 cm³/mol. The van der Waals surface area contributed by atoms with Crippen molar-refractivity contribution in [3.63, 3.8) is 0 Å². The van der Waals surface area contributed by atoms with Gasteiger partial charge < -0.3 is 14.0 Å². The van der Waals surface area contributed by atoms with Crippen molar-refractivity contribution >= 4 is 5.78 Å². The number of rotatable bonds is 6. The zero-order chi connectivity index (χ0) is 23.7. The second-order valence-corrected chi connectivity index (χ2v) is 8.46. The molecule has 3 aromatic carbocycles. The molecular formula is C29H25NO4. The summed E-state index contributed by atoms with van der Waals surface area (Å²) in [6.45, 7) is 2.30. The first kappa shape index (κ1) is 21.7. The van der Waals surface area contributed by atoms with Crippen molar-refractivity contribution in [1.29, 1.82) is 0 Å². The van der Waals surface area contributed by atoms with Crippen molar-refractivity contribution < 1.29 is 14.3 Å². The summed E-state index contributed by atoms with van der Waals surface area (Å²) in [4.78, 5) is 27.3. The Morgan fingerprint density at radius 3 is 2.24 bits per heavy atom. The zero-order valence-corrected chi connectivity index (χ0v) is 19.1. The summed E-state index contributed by atoms with van der Waals surface area (Å²) in [6, 6.07) is 28.3. The highest BCUT2D eigenvalue weighted by Crippen LogP contribution is 2.42. The van der Waals surface area contributed by atoms with Crippen LogP contribution < -0.4 is 15.0 Å². The van der Waals surface area contributed by atoms with Gasteiger partial charge in [0.2, 0.25) is 5.78 Å². The first-order chi connectivity index (χ1) is 16.6. The summed E-state index contributed by atoms with van der Waals surface area (Å²) < 4.78 is 13.2. The van der Waals surface area contributed by atoms with Crippen molar-refractivity contribution in [3.05, 3.63) is 129 Å². The summed E-state index contributed by atoms with van der Waals surface area (Å²) >= 11 is 0. The fraction of sp³-hybridized carbons (Fsp3) is 0.172. The van der Waals surface area contributed by atoms with E-state index in [0.29, 0.717) is 23.4 Å². The van der Waals surface area contributed by atoms with Crippen molar-refractivity contribution in [2.75, 3.05) is 7.11 Å². The molecule has 0 amide bonds. The molecule has 0 saturated heterocycles. The van der Waals surface area contributed by atoms with E-state index >= 15 is 0 Å². The first-order valence-electron chi connectivity index (χ1n) is 11.2. The number of hydrogen-bond donors (Lipinski definition) is 0. The summed E-state index contributed by atoms with van der Waals surface area (Å²) in [7, 11) is 1.63. The van der Waals surface area contributed by atoms with E-state index in [1.807, 2.05) is 85.8 Å². The maximum Gasteiger partial charge on any atom is 0.258 e. The third kappa shape index (κ3) is 3.90. The number of aryl methyl sites for hydroxylation is 1. The molecule has 1 aromatic heterocycles. The van der Waals surface area contributed by atoms with Crippen LogP contribution in [-0.2, 0) is 6.54 Å². The molecule has 5 nitrogen and oxygen atoms in total. The minimum Gasteiger partial charge on any atom is -0.497 e. The van der Waals surface area contributed by atoms with Crippen LogP contribution in [0, 0.1) is 6.92 Å². The average molecular weight is 452 g/mol. The second kappa shape index (κ2) is 9.02. The van der Waals surface area contributed by atoms with Gasteiger partial charge in [-0.15, -0.1) is 0 Å². The number of hydrogen-bond acceptors (Lipinski definition) is 4. The minimum atomic E-state index is -0.802. The lowest BCUT2D eigenvalue weighted by atomic mass is 9.85. The van der Waals surface area contributed by atoms with E-state index in [4.69, 9.17) is 9.47 Å². The monoisotopic (exact) mass is 451 g/mol. The molecule has 0 saturated carbocycles. The van der Waals surface area contributed by atoms with Crippen molar-refractivity contribution in [2.45, 2.75) is 25.5 Å². The number of nitrogens with zero attached hydrogens (tertiary/aromatic N) is 1. The van der Waals surface area contributed by atoms with Crippen LogP contribution >= 0.6 is 0 Å². The number of pyridine rings is 1. The fourth-order valence-corrected chi connectivity index (χ4v) is 4.58. The van der Waals surface area contributed by atoms with Crippen LogP contribution in [0.15, 0.2) is 95.8 Å². The topological polar surface area (TPSA) is 57.5 Å². The lowest BCUT2D eigenvalue weighted by molar-refractivity contribution is 0.0806. The molecule has 5 rings (SSSR count). The van der Waals surface area contributed by atoms with Gasteiger partial charge in [-0.05, 0) is 30.2 Å². The Bertz CT molecular complexity index is 1380. The van der Waals surface area contributed by atoms with Gasteiger partial charge in [0.05, 0.1) is 25.1 Å². The zero-order valence-electron chi connectivity index (χ0n) is 19.1. The quantitative estimate of drug-likeness (QED) is 0.388. The highest BCUT2D eigenvalue weighted by molar-refractivity contribution is 6.01. The maximum absolute atomic E-state index is 13.8. The van der Waals surface area contributed by atoms with E-state index < -0.39 is 12.0 Å². The Balaban J connectivity index is 1.60. The number of ether oxygens (including phenoxy) is 2. The third-order valence-electron chi connectivity index (χ3n) is 6.35. The molecule has 170 valence electrons. The molecule has 0 radical (unpaired) electrons. The Labute approximate surface area is 198 Å². The molecule has 0 spiro atoms. The lowest BCUT2D eigenvalue weighted by Crippen LogP contribution is -2.32. The number of aromatic nitrogens is 1. The number of ketones is 1. The molecule has 0 bridgehead atoms. The van der Waals surface area contributed by atoms with E-state index in [9.17, 15) is 9.59 Å². The summed E-state index contributed by atoms with van der Waals surface area (Å²) in [5.41, 5.74) is 3.60. The summed E-state index contributed by atoms with van der Waals surface area (Å²) in [5.74, 6) is 0.627. The molecule has 0 aliphatic carbocycles. The fourth-order valence-electron chi connectivity index (χ4n) is 4.58. The van der Waals surface area contributed by atoms with Gasteiger partial charge in [-0.1, -0.05) is 72.8 Å². The molecule has 34 heavy (non-hydrogen) atoms. The Morgan fingerprint density at radius 1 is 0.941 bits per heavy atom. The van der Waals surface area contributed by atoms with E-state index in [0.717, 1.165) is 22.6 Å². The van der Waals surface area contributed by atoms with Crippen LogP contribution in [0.1, 0.15) is 38.7 Å². The van der Waals surface area contributed by atoms with Gasteiger partial charge in [0.25, 0.3) is 5.56 Å². The van der Waals surface area contributed by atoms with E-state index in [-0.39, 0.29) is 11.3 Å². The van der Waals surface area contributed by atoms with Crippen LogP contribution in [-0.4, -0.2) is 23.6 Å². The summed E-state index contributed by atoms with van der Waals surface area (Å²) in [5, 5.41) is 0. The summed E-state index contributed by atoms with van der Waals surface area (Å²) in [6.07, 6.45) is -0.802. The molecule has 2 atom stereocenters. The molecule has 2 heterocycles. The molecule has 0 unspecified atom stereocenters. The van der Waals surface area contributed by atoms with Gasteiger partial charge in [-0.3, -0.25) is 9.59 Å². The highest BCUT2D eigenvalue weighted by Gasteiger charge is 2.43. The smallest absolute Gasteiger partial charge is 0.258 e. The van der Waals surface area contributed by atoms with Gasteiger partial charge in [0.1, 0.15) is 11.5 Å². The number of fused-ring (bicyclic) bond motifs is 1. The maximum atomic E-state index is 13.8. The SMILES string of the molecule is COc1ccc(Cn2c(C)cc3c(c2=O)[C@@H](c2ccccc2)[C@H](C(=O)c2ccccc2)O3)cc1. The van der Waals surface area contributed by atoms with Gasteiger partial charge >= 0.3 is 0 Å².